The number of fused-ring (bicyclic) bond motifs is 3. The Kier molecular flexibility index (Phi) is 9.71. The number of hydrogen-bond acceptors (Lipinski definition) is 10. The number of urea groups is 1. The lowest BCUT2D eigenvalue weighted by Crippen LogP contribution is -2.58. The number of aromatic nitrogens is 2. The van der Waals surface area contributed by atoms with Crippen LogP contribution in [0.1, 0.15) is 82.2 Å². The number of nitrogens with zero attached hydrogens (tertiary/aromatic N) is 4. The molecular formula is C38H48N6O7S2. The Bertz CT molecular complexity index is 2090. The van der Waals surface area contributed by atoms with E-state index in [0.29, 0.717) is 42.1 Å². The molecule has 7 rings (SSSR count). The fraction of sp³-hybridized carbons (Fsp3) is 0.553. The number of nitrogens with one attached hydrogen (secondary N) is 2. The number of sulfonamides is 1. The van der Waals surface area contributed by atoms with Gasteiger partial charge in [-0.15, -0.1) is 11.3 Å². The van der Waals surface area contributed by atoms with Gasteiger partial charge in [-0.2, -0.15) is 0 Å². The van der Waals surface area contributed by atoms with Gasteiger partial charge in [-0.25, -0.2) is 23.2 Å². The van der Waals surface area contributed by atoms with Crippen molar-refractivity contribution in [3.8, 4) is 22.9 Å². The third kappa shape index (κ3) is 6.97. The summed E-state index contributed by atoms with van der Waals surface area (Å²) in [6.45, 7) is 8.33. The SMILES string of the molecule is COc1ccc2c(O[C@H]3C[C@H]4C(=O)N(C)CCCC/C=C\[C@@H]5C[C@@]5(C(=O)NS(=O)(=O)C5(C)CC5)NC(=O)N4C3)cc(-c3csc(C(C)C)n3)nc2c1C. The molecule has 15 heteroatoms. The van der Waals surface area contributed by atoms with Crippen LogP contribution >= 0.6 is 11.3 Å². The van der Waals surface area contributed by atoms with E-state index in [4.69, 9.17) is 19.4 Å². The molecule has 0 radical (unpaired) electrons. The molecule has 4 amide bonds. The maximum absolute atomic E-state index is 14.3. The number of likely N-dealkylation sites (N-methyl/N-ethyl adjacent to an activating group) is 1. The minimum atomic E-state index is -3.94. The molecule has 4 aliphatic rings. The predicted octanol–water partition coefficient (Wildman–Crippen LogP) is 5.29. The number of amides is 4. The van der Waals surface area contributed by atoms with Crippen molar-refractivity contribution in [3.05, 3.63) is 46.3 Å². The van der Waals surface area contributed by atoms with E-state index in [9.17, 15) is 22.8 Å². The molecule has 3 fully saturated rings. The van der Waals surface area contributed by atoms with Gasteiger partial charge in [0.05, 0.1) is 40.3 Å². The fourth-order valence-electron chi connectivity index (χ4n) is 7.28. The summed E-state index contributed by atoms with van der Waals surface area (Å²) >= 11 is 1.57. The van der Waals surface area contributed by atoms with E-state index >= 15 is 0 Å². The molecule has 2 aromatic heterocycles. The van der Waals surface area contributed by atoms with E-state index < -0.39 is 44.4 Å². The van der Waals surface area contributed by atoms with Crippen molar-refractivity contribution in [3.63, 3.8) is 0 Å². The van der Waals surface area contributed by atoms with Gasteiger partial charge in [0.25, 0.3) is 5.91 Å². The number of carbonyl (C=O) groups is 3. The van der Waals surface area contributed by atoms with Gasteiger partial charge in [0.2, 0.25) is 15.9 Å². The molecule has 4 heterocycles. The van der Waals surface area contributed by atoms with Gasteiger partial charge in [0.1, 0.15) is 29.2 Å². The monoisotopic (exact) mass is 764 g/mol. The van der Waals surface area contributed by atoms with Crippen LogP contribution in [0.5, 0.6) is 11.5 Å². The zero-order valence-electron chi connectivity index (χ0n) is 31.1. The van der Waals surface area contributed by atoms with Crippen LogP contribution in [0.15, 0.2) is 35.7 Å². The van der Waals surface area contributed by atoms with Crippen LogP contribution in [0.3, 0.4) is 0 Å². The average molecular weight is 765 g/mol. The van der Waals surface area contributed by atoms with Gasteiger partial charge in [-0.3, -0.25) is 14.3 Å². The van der Waals surface area contributed by atoms with Gasteiger partial charge in [0.15, 0.2) is 0 Å². The van der Waals surface area contributed by atoms with Crippen molar-refractivity contribution in [1.82, 2.24) is 29.8 Å². The Morgan fingerprint density at radius 1 is 1.13 bits per heavy atom. The molecule has 0 bridgehead atoms. The molecule has 3 aromatic rings. The minimum Gasteiger partial charge on any atom is -0.496 e. The first-order valence-corrected chi connectivity index (χ1v) is 20.7. The third-order valence-corrected chi connectivity index (χ3v) is 14.5. The highest BCUT2D eigenvalue weighted by atomic mass is 32.2. The molecule has 0 unspecified atom stereocenters. The second kappa shape index (κ2) is 13.9. The molecule has 2 saturated carbocycles. The second-order valence-corrected chi connectivity index (χ2v) is 18.5. The number of benzene rings is 1. The van der Waals surface area contributed by atoms with E-state index in [1.807, 2.05) is 42.7 Å². The largest absolute Gasteiger partial charge is 0.496 e. The minimum absolute atomic E-state index is 0.0626. The fourth-order valence-corrected chi connectivity index (χ4v) is 9.42. The molecule has 2 aliphatic carbocycles. The summed E-state index contributed by atoms with van der Waals surface area (Å²) in [5, 5.41) is 6.62. The number of allylic oxidation sites excluding steroid dienone is 1. The Morgan fingerprint density at radius 2 is 1.91 bits per heavy atom. The second-order valence-electron chi connectivity index (χ2n) is 15.4. The Labute approximate surface area is 314 Å². The number of thiazole rings is 1. The van der Waals surface area contributed by atoms with Crippen molar-refractivity contribution < 1.29 is 32.3 Å². The maximum atomic E-state index is 14.3. The maximum Gasteiger partial charge on any atom is 0.319 e. The number of ether oxygens (including phenoxy) is 2. The predicted molar refractivity (Wildman–Crippen MR) is 202 cm³/mol. The van der Waals surface area contributed by atoms with Crippen molar-refractivity contribution in [2.45, 2.75) is 101 Å². The van der Waals surface area contributed by atoms with Gasteiger partial charge in [-0.1, -0.05) is 26.0 Å². The summed E-state index contributed by atoms with van der Waals surface area (Å²) in [6, 6.07) is 4.13. The summed E-state index contributed by atoms with van der Waals surface area (Å²) in [5.41, 5.74) is 1.43. The molecule has 2 N–H and O–H groups in total. The highest BCUT2D eigenvalue weighted by Gasteiger charge is 2.63. The molecule has 1 aromatic carbocycles. The number of hydrogen-bond donors (Lipinski definition) is 2. The summed E-state index contributed by atoms with van der Waals surface area (Å²) in [5.74, 6) is 0.115. The van der Waals surface area contributed by atoms with Crippen LogP contribution < -0.4 is 19.5 Å². The van der Waals surface area contributed by atoms with Crippen LogP contribution in [-0.4, -0.2) is 95.7 Å². The van der Waals surface area contributed by atoms with Crippen LogP contribution in [0.25, 0.3) is 22.3 Å². The first-order chi connectivity index (χ1) is 25.2. The van der Waals surface area contributed by atoms with Crippen LogP contribution in [0.4, 0.5) is 4.79 Å². The van der Waals surface area contributed by atoms with Crippen molar-refractivity contribution in [2.24, 2.45) is 5.92 Å². The van der Waals surface area contributed by atoms with E-state index in [0.717, 1.165) is 40.9 Å². The standard InChI is InChI=1S/C38H48N6O7S2/c1-22(2)33-40-28(21-52-33)27-18-31(26-12-13-30(50-6)23(3)32(26)39-27)51-25-17-29-34(45)43(5)16-10-8-7-9-11-24-19-38(24,41-36(47)44(29)20-25)35(46)42-53(48,49)37(4)14-15-37/h9,11-13,18,21-22,24-25,29H,7-8,10,14-17,19-20H2,1-6H3,(H,41,47)(H,42,46)/b11-9-/t24-,25+,29+,38-/m1/s1. The quantitative estimate of drug-likeness (QED) is 0.291. The lowest BCUT2D eigenvalue weighted by atomic mass is 10.1. The molecule has 1 saturated heterocycles. The van der Waals surface area contributed by atoms with E-state index in [-0.39, 0.29) is 37.1 Å². The summed E-state index contributed by atoms with van der Waals surface area (Å²) in [7, 11) is -0.590. The molecule has 2 aliphatic heterocycles. The smallest absolute Gasteiger partial charge is 0.319 e. The van der Waals surface area contributed by atoms with E-state index in [1.54, 1.807) is 37.3 Å². The lowest BCUT2D eigenvalue weighted by molar-refractivity contribution is -0.134. The third-order valence-electron chi connectivity index (χ3n) is 11.2. The zero-order valence-corrected chi connectivity index (χ0v) is 32.7. The van der Waals surface area contributed by atoms with Crippen LogP contribution in [-0.2, 0) is 19.6 Å². The summed E-state index contributed by atoms with van der Waals surface area (Å²) in [6.07, 6.45) is 7.02. The number of aryl methyl sites for hydroxylation is 1. The molecular weight excluding hydrogens is 717 g/mol. The van der Waals surface area contributed by atoms with Crippen molar-refractivity contribution in [2.75, 3.05) is 27.2 Å². The number of pyridine rings is 1. The van der Waals surface area contributed by atoms with Crippen molar-refractivity contribution in [1.29, 1.82) is 0 Å². The molecule has 53 heavy (non-hydrogen) atoms. The lowest BCUT2D eigenvalue weighted by Gasteiger charge is -2.30. The number of methoxy groups -OCH3 is 1. The molecule has 13 nitrogen and oxygen atoms in total. The highest BCUT2D eigenvalue weighted by Crippen LogP contribution is 2.47. The Hall–Kier alpha value is -4.24. The number of rotatable bonds is 8. The molecule has 4 atom stereocenters. The zero-order chi connectivity index (χ0) is 37.9. The summed E-state index contributed by atoms with van der Waals surface area (Å²) in [4.78, 5) is 55.0. The van der Waals surface area contributed by atoms with Gasteiger partial charge in [0, 0.05) is 54.2 Å². The topological polar surface area (TPSA) is 160 Å². The van der Waals surface area contributed by atoms with E-state index in [2.05, 4.69) is 23.9 Å². The Morgan fingerprint density at radius 3 is 2.60 bits per heavy atom. The van der Waals surface area contributed by atoms with Gasteiger partial charge in [-0.05, 0) is 64.5 Å². The van der Waals surface area contributed by atoms with E-state index in [1.165, 1.54) is 4.90 Å². The normalized spacial score (nSPS) is 26.4. The van der Waals surface area contributed by atoms with Gasteiger partial charge >= 0.3 is 6.03 Å². The average Bonchev–Trinajstić information content (AvgIpc) is 3.89. The first kappa shape index (κ1) is 37.1. The van der Waals surface area contributed by atoms with Crippen molar-refractivity contribution >= 4 is 50.1 Å². The van der Waals surface area contributed by atoms with Gasteiger partial charge < -0.3 is 24.6 Å². The highest BCUT2D eigenvalue weighted by molar-refractivity contribution is 7.91. The number of carbonyl (C=O) groups excluding carboxylic acids is 3. The first-order valence-electron chi connectivity index (χ1n) is 18.3. The van der Waals surface area contributed by atoms with Crippen LogP contribution in [0, 0.1) is 12.8 Å². The molecule has 284 valence electrons. The van der Waals surface area contributed by atoms with Crippen LogP contribution in [0.2, 0.25) is 0 Å². The molecule has 0 spiro atoms. The summed E-state index contributed by atoms with van der Waals surface area (Å²) < 4.78 is 39.8. The Balaban J connectivity index is 1.21.